The molecule has 0 saturated heterocycles. The van der Waals surface area contributed by atoms with E-state index in [0.29, 0.717) is 0 Å². The summed E-state index contributed by atoms with van der Waals surface area (Å²) in [5.74, 6) is -1.26. The molecule has 2 aromatic carbocycles. The maximum absolute atomic E-state index is 12.1. The number of benzene rings is 2. The highest BCUT2D eigenvalue weighted by atomic mass is 79.9. The molecule has 0 spiro atoms. The number of carbonyl (C=O) groups is 3. The number of carbonyl (C=O) groups excluding carboxylic acids is 3. The third kappa shape index (κ3) is 7.70. The molecule has 2 rings (SSSR count). The molecule has 0 atom stereocenters. The van der Waals surface area contributed by atoms with Crippen molar-refractivity contribution in [3.63, 3.8) is 0 Å². The van der Waals surface area contributed by atoms with Crippen LogP contribution in [0.3, 0.4) is 0 Å². The molecule has 8 heteroatoms. The van der Waals surface area contributed by atoms with Gasteiger partial charge in [0, 0.05) is 15.1 Å². The van der Waals surface area contributed by atoms with E-state index in [1.165, 1.54) is 11.8 Å². The van der Waals surface area contributed by atoms with Crippen molar-refractivity contribution in [1.29, 1.82) is 0 Å². The molecular weight excluding hydrogens is 480 g/mol. The molecule has 0 heterocycles. The lowest BCUT2D eigenvalue weighted by molar-refractivity contribution is -0.146. The van der Waals surface area contributed by atoms with Gasteiger partial charge in [-0.15, -0.1) is 11.8 Å². The number of thioether (sulfide) groups is 1. The average molecular weight is 507 g/mol. The molecule has 31 heavy (non-hydrogen) atoms. The normalized spacial score (nSPS) is 10.5. The first kappa shape index (κ1) is 24.9. The summed E-state index contributed by atoms with van der Waals surface area (Å²) in [6.07, 6.45) is 0. The second-order valence-corrected chi connectivity index (χ2v) is 9.29. The molecule has 2 amide bonds. The van der Waals surface area contributed by atoms with Gasteiger partial charge in [0.25, 0.3) is 5.91 Å². The summed E-state index contributed by atoms with van der Waals surface area (Å²) in [4.78, 5) is 37.0. The van der Waals surface area contributed by atoms with Gasteiger partial charge in [0.05, 0.1) is 12.3 Å². The fourth-order valence-electron chi connectivity index (χ4n) is 3.03. The van der Waals surface area contributed by atoms with Crippen LogP contribution >= 0.6 is 27.7 Å². The minimum Gasteiger partial charge on any atom is -0.455 e. The van der Waals surface area contributed by atoms with Crippen molar-refractivity contribution in [2.75, 3.05) is 24.2 Å². The van der Waals surface area contributed by atoms with Gasteiger partial charge >= 0.3 is 5.97 Å². The minimum atomic E-state index is -0.526. The molecule has 6 nitrogen and oxygen atoms in total. The number of nitrogens with one attached hydrogen (secondary N) is 2. The number of anilines is 1. The molecule has 0 radical (unpaired) electrons. The van der Waals surface area contributed by atoms with E-state index < -0.39 is 18.5 Å². The third-order valence-electron chi connectivity index (χ3n) is 4.55. The molecule has 0 aliphatic carbocycles. The zero-order valence-electron chi connectivity index (χ0n) is 18.3. The van der Waals surface area contributed by atoms with E-state index in [1.807, 2.05) is 58.9 Å². The summed E-state index contributed by atoms with van der Waals surface area (Å²) >= 11 is 4.84. The van der Waals surface area contributed by atoms with E-state index in [0.717, 1.165) is 42.9 Å². The van der Waals surface area contributed by atoms with Gasteiger partial charge in [-0.2, -0.15) is 0 Å². The predicted molar refractivity (Wildman–Crippen MR) is 128 cm³/mol. The SMILES string of the molecule is Cc1cc(C)c(NC(=O)CNC(=O)COC(=O)CSc2cc(C)c(Br)cc2C)c(C)c1. The first-order chi connectivity index (χ1) is 14.6. The van der Waals surface area contributed by atoms with Gasteiger partial charge < -0.3 is 15.4 Å². The summed E-state index contributed by atoms with van der Waals surface area (Å²) in [6, 6.07) is 7.97. The van der Waals surface area contributed by atoms with E-state index in [1.54, 1.807) is 0 Å². The summed E-state index contributed by atoms with van der Waals surface area (Å²) < 4.78 is 6.03. The number of amides is 2. The van der Waals surface area contributed by atoms with E-state index in [9.17, 15) is 14.4 Å². The molecule has 0 bridgehead atoms. The largest absolute Gasteiger partial charge is 0.455 e. The van der Waals surface area contributed by atoms with Crippen molar-refractivity contribution in [3.05, 3.63) is 56.6 Å². The molecule has 0 fully saturated rings. The molecule has 0 unspecified atom stereocenters. The summed E-state index contributed by atoms with van der Waals surface area (Å²) in [6.45, 7) is 9.16. The van der Waals surface area contributed by atoms with Crippen LogP contribution in [0.25, 0.3) is 0 Å². The second-order valence-electron chi connectivity index (χ2n) is 7.41. The first-order valence-electron chi connectivity index (χ1n) is 9.76. The van der Waals surface area contributed by atoms with Crippen LogP contribution in [0.4, 0.5) is 5.69 Å². The van der Waals surface area contributed by atoms with Gasteiger partial charge in [-0.25, -0.2) is 0 Å². The summed E-state index contributed by atoms with van der Waals surface area (Å²) in [5, 5.41) is 5.27. The molecule has 2 aromatic rings. The Morgan fingerprint density at radius 3 is 2.19 bits per heavy atom. The Balaban J connectivity index is 1.73. The summed E-state index contributed by atoms with van der Waals surface area (Å²) in [5.41, 5.74) is 5.91. The zero-order chi connectivity index (χ0) is 23.1. The number of hydrogen-bond acceptors (Lipinski definition) is 5. The Hall–Kier alpha value is -2.32. The third-order valence-corrected chi connectivity index (χ3v) is 6.54. The van der Waals surface area contributed by atoms with Crippen LogP contribution in [0.1, 0.15) is 27.8 Å². The Kier molecular flexibility index (Phi) is 9.13. The molecule has 0 aliphatic heterocycles. The number of esters is 1. The van der Waals surface area contributed by atoms with Crippen molar-refractivity contribution in [2.24, 2.45) is 0 Å². The number of ether oxygens (including phenoxy) is 1. The Labute approximate surface area is 195 Å². The lowest BCUT2D eigenvalue weighted by atomic mass is 10.1. The highest BCUT2D eigenvalue weighted by molar-refractivity contribution is 9.10. The Morgan fingerprint density at radius 2 is 1.55 bits per heavy atom. The van der Waals surface area contributed by atoms with Gasteiger partial charge in [0.2, 0.25) is 5.91 Å². The quantitative estimate of drug-likeness (QED) is 0.409. The monoisotopic (exact) mass is 506 g/mol. The Morgan fingerprint density at radius 1 is 0.903 bits per heavy atom. The lowest BCUT2D eigenvalue weighted by Gasteiger charge is -2.13. The van der Waals surface area contributed by atoms with Gasteiger partial charge in [-0.3, -0.25) is 14.4 Å². The van der Waals surface area contributed by atoms with Crippen LogP contribution in [0, 0.1) is 34.6 Å². The van der Waals surface area contributed by atoms with Crippen molar-refractivity contribution >= 4 is 51.2 Å². The smallest absolute Gasteiger partial charge is 0.316 e. The lowest BCUT2D eigenvalue weighted by Crippen LogP contribution is -2.36. The zero-order valence-corrected chi connectivity index (χ0v) is 20.8. The molecule has 0 saturated carbocycles. The standard InChI is InChI=1S/C23H27BrN2O4S/c1-13-6-16(4)23(17(5)7-13)26-20(27)10-25-21(28)11-30-22(29)12-31-19-9-14(2)18(24)8-15(19)3/h6-9H,10-12H2,1-5H3,(H,25,28)(H,26,27). The topological polar surface area (TPSA) is 84.5 Å². The number of halogens is 1. The molecule has 166 valence electrons. The van der Waals surface area contributed by atoms with Crippen molar-refractivity contribution in [3.8, 4) is 0 Å². The van der Waals surface area contributed by atoms with Crippen molar-refractivity contribution in [1.82, 2.24) is 5.32 Å². The second kappa shape index (κ2) is 11.3. The van der Waals surface area contributed by atoms with Crippen molar-refractivity contribution < 1.29 is 19.1 Å². The molecule has 0 aliphatic rings. The fraction of sp³-hybridized carbons (Fsp3) is 0.348. The Bertz CT molecular complexity index is 984. The van der Waals surface area contributed by atoms with Crippen LogP contribution in [-0.4, -0.2) is 36.7 Å². The number of aryl methyl sites for hydroxylation is 5. The predicted octanol–water partition coefficient (Wildman–Crippen LogP) is 4.38. The average Bonchev–Trinajstić information content (AvgIpc) is 2.69. The van der Waals surface area contributed by atoms with Crippen LogP contribution in [0.15, 0.2) is 33.6 Å². The van der Waals surface area contributed by atoms with Crippen molar-refractivity contribution in [2.45, 2.75) is 39.5 Å². The summed E-state index contributed by atoms with van der Waals surface area (Å²) in [7, 11) is 0. The number of rotatable bonds is 8. The maximum Gasteiger partial charge on any atom is 0.316 e. The first-order valence-corrected chi connectivity index (χ1v) is 11.5. The fourth-order valence-corrected chi connectivity index (χ4v) is 4.39. The van der Waals surface area contributed by atoms with Crippen LogP contribution < -0.4 is 10.6 Å². The highest BCUT2D eigenvalue weighted by Crippen LogP contribution is 2.28. The van der Waals surface area contributed by atoms with Crippen LogP contribution in [0.5, 0.6) is 0 Å². The van der Waals surface area contributed by atoms with E-state index in [2.05, 4.69) is 26.6 Å². The molecule has 2 N–H and O–H groups in total. The van der Waals surface area contributed by atoms with Gasteiger partial charge in [0.15, 0.2) is 6.61 Å². The van der Waals surface area contributed by atoms with Crippen LogP contribution in [-0.2, 0) is 19.1 Å². The van der Waals surface area contributed by atoms with E-state index in [4.69, 9.17) is 4.74 Å². The highest BCUT2D eigenvalue weighted by Gasteiger charge is 2.13. The van der Waals surface area contributed by atoms with Gasteiger partial charge in [-0.1, -0.05) is 33.6 Å². The van der Waals surface area contributed by atoms with Gasteiger partial charge in [0.1, 0.15) is 0 Å². The molecule has 0 aromatic heterocycles. The minimum absolute atomic E-state index is 0.0989. The maximum atomic E-state index is 12.1. The van der Waals surface area contributed by atoms with Gasteiger partial charge in [-0.05, 0) is 69.0 Å². The van der Waals surface area contributed by atoms with Crippen LogP contribution in [0.2, 0.25) is 0 Å². The molecular formula is C23H27BrN2O4S. The van der Waals surface area contributed by atoms with E-state index >= 15 is 0 Å². The number of hydrogen-bond donors (Lipinski definition) is 2. The van der Waals surface area contributed by atoms with E-state index in [-0.39, 0.29) is 18.2 Å².